The third kappa shape index (κ3) is 5.75. The number of hydrogen-bond donors (Lipinski definition) is 1. The van der Waals surface area contributed by atoms with E-state index in [0.29, 0.717) is 13.0 Å². The van der Waals surface area contributed by atoms with E-state index in [-0.39, 0.29) is 5.91 Å². The van der Waals surface area contributed by atoms with E-state index in [0.717, 1.165) is 42.2 Å². The quantitative estimate of drug-likeness (QED) is 0.460. The Hall–Kier alpha value is -2.62. The lowest BCUT2D eigenvalue weighted by Crippen LogP contribution is -2.26. The molecule has 164 valence electrons. The highest BCUT2D eigenvalue weighted by Crippen LogP contribution is 2.28. The van der Waals surface area contributed by atoms with Crippen molar-refractivity contribution in [1.29, 1.82) is 0 Å². The molecule has 4 rings (SSSR count). The molecule has 3 aromatic rings. The summed E-state index contributed by atoms with van der Waals surface area (Å²) in [7, 11) is 0. The van der Waals surface area contributed by atoms with Crippen LogP contribution in [0.1, 0.15) is 61.9 Å². The SMILES string of the molecule is Cc1ccccc1CC(=O)NCCCc1nc2ccccc2n1CCC1CCCCC1. The van der Waals surface area contributed by atoms with Crippen LogP contribution in [0.15, 0.2) is 48.5 Å². The summed E-state index contributed by atoms with van der Waals surface area (Å²) in [6.45, 7) is 3.80. The Kier molecular flexibility index (Phi) is 7.39. The molecule has 0 unspecified atom stereocenters. The Morgan fingerprint density at radius 3 is 2.68 bits per heavy atom. The maximum atomic E-state index is 12.3. The first-order valence-corrected chi connectivity index (χ1v) is 12.0. The second kappa shape index (κ2) is 10.6. The molecule has 0 atom stereocenters. The van der Waals surface area contributed by atoms with Crippen LogP contribution in [0.25, 0.3) is 11.0 Å². The molecule has 0 saturated heterocycles. The zero-order valence-corrected chi connectivity index (χ0v) is 18.8. The molecular weight excluding hydrogens is 382 g/mol. The van der Waals surface area contributed by atoms with Gasteiger partial charge in [-0.3, -0.25) is 4.79 Å². The Morgan fingerprint density at radius 1 is 1.06 bits per heavy atom. The number of fused-ring (bicyclic) bond motifs is 1. The molecule has 31 heavy (non-hydrogen) atoms. The molecule has 1 N–H and O–H groups in total. The van der Waals surface area contributed by atoms with E-state index in [1.807, 2.05) is 18.2 Å². The van der Waals surface area contributed by atoms with Crippen LogP contribution in [0.3, 0.4) is 0 Å². The molecule has 1 amide bonds. The summed E-state index contributed by atoms with van der Waals surface area (Å²) in [4.78, 5) is 17.3. The van der Waals surface area contributed by atoms with Gasteiger partial charge in [-0.25, -0.2) is 4.98 Å². The van der Waals surface area contributed by atoms with Crippen LogP contribution in [-0.4, -0.2) is 22.0 Å². The van der Waals surface area contributed by atoms with Gasteiger partial charge in [0, 0.05) is 19.5 Å². The van der Waals surface area contributed by atoms with Crippen molar-refractivity contribution in [2.75, 3.05) is 6.54 Å². The standard InChI is InChI=1S/C27H35N3O/c1-21-10-5-6-13-23(21)20-27(31)28-18-9-16-26-29-24-14-7-8-15-25(24)30(26)19-17-22-11-3-2-4-12-22/h5-8,10,13-15,22H,2-4,9,11-12,16-20H2,1H3,(H,28,31). The van der Waals surface area contributed by atoms with Crippen molar-refractivity contribution in [3.63, 3.8) is 0 Å². The van der Waals surface area contributed by atoms with Crippen molar-refractivity contribution in [3.05, 3.63) is 65.5 Å². The zero-order valence-electron chi connectivity index (χ0n) is 18.8. The van der Waals surface area contributed by atoms with Crippen molar-refractivity contribution >= 4 is 16.9 Å². The number of amides is 1. The van der Waals surface area contributed by atoms with Gasteiger partial charge in [-0.05, 0) is 48.9 Å². The van der Waals surface area contributed by atoms with E-state index in [2.05, 4.69) is 47.1 Å². The Labute approximate surface area is 186 Å². The Balaban J connectivity index is 1.32. The highest BCUT2D eigenvalue weighted by molar-refractivity contribution is 5.79. The van der Waals surface area contributed by atoms with Gasteiger partial charge in [-0.15, -0.1) is 0 Å². The van der Waals surface area contributed by atoms with Crippen LogP contribution < -0.4 is 5.32 Å². The molecule has 1 aromatic heterocycles. The minimum absolute atomic E-state index is 0.0973. The lowest BCUT2D eigenvalue weighted by atomic mass is 9.87. The fraction of sp³-hybridized carbons (Fsp3) is 0.481. The monoisotopic (exact) mass is 417 g/mol. The first-order valence-electron chi connectivity index (χ1n) is 12.0. The third-order valence-electron chi connectivity index (χ3n) is 6.73. The van der Waals surface area contributed by atoms with E-state index in [4.69, 9.17) is 4.98 Å². The van der Waals surface area contributed by atoms with E-state index in [9.17, 15) is 4.79 Å². The summed E-state index contributed by atoms with van der Waals surface area (Å²) in [6.07, 6.45) is 10.5. The Morgan fingerprint density at radius 2 is 1.84 bits per heavy atom. The number of benzene rings is 2. The largest absolute Gasteiger partial charge is 0.356 e. The summed E-state index contributed by atoms with van der Waals surface area (Å²) in [5.41, 5.74) is 4.61. The van der Waals surface area contributed by atoms with Crippen LogP contribution in [0.4, 0.5) is 0 Å². The third-order valence-corrected chi connectivity index (χ3v) is 6.73. The number of hydrogen-bond acceptors (Lipinski definition) is 2. The summed E-state index contributed by atoms with van der Waals surface area (Å²) in [6, 6.07) is 16.6. The number of nitrogens with one attached hydrogen (secondary N) is 1. The van der Waals surface area contributed by atoms with Gasteiger partial charge < -0.3 is 9.88 Å². The van der Waals surface area contributed by atoms with Gasteiger partial charge in [0.05, 0.1) is 17.5 Å². The number of imidazole rings is 1. The lowest BCUT2D eigenvalue weighted by molar-refractivity contribution is -0.120. The van der Waals surface area contributed by atoms with Gasteiger partial charge in [0.15, 0.2) is 0 Å². The van der Waals surface area contributed by atoms with E-state index >= 15 is 0 Å². The average Bonchev–Trinajstić information content (AvgIpc) is 3.15. The molecule has 0 aliphatic heterocycles. The molecule has 1 aliphatic rings. The summed E-state index contributed by atoms with van der Waals surface area (Å²) in [5, 5.41) is 3.09. The van der Waals surface area contributed by atoms with Crippen LogP contribution in [0.5, 0.6) is 0 Å². The highest BCUT2D eigenvalue weighted by Gasteiger charge is 2.16. The first kappa shape index (κ1) is 21.6. The molecule has 4 heteroatoms. The molecule has 1 fully saturated rings. The molecule has 0 bridgehead atoms. The molecule has 4 nitrogen and oxygen atoms in total. The normalized spacial score (nSPS) is 14.7. The summed E-state index contributed by atoms with van der Waals surface area (Å²) < 4.78 is 2.43. The average molecular weight is 418 g/mol. The number of carbonyl (C=O) groups is 1. The molecule has 1 aliphatic carbocycles. The van der Waals surface area contributed by atoms with Crippen molar-refractivity contribution in [2.24, 2.45) is 5.92 Å². The van der Waals surface area contributed by atoms with Crippen LogP contribution in [-0.2, 0) is 24.2 Å². The molecule has 0 spiro atoms. The highest BCUT2D eigenvalue weighted by atomic mass is 16.1. The van der Waals surface area contributed by atoms with Gasteiger partial charge in [-0.1, -0.05) is 68.5 Å². The van der Waals surface area contributed by atoms with Crippen LogP contribution >= 0.6 is 0 Å². The Bertz CT molecular complexity index is 1000. The zero-order chi connectivity index (χ0) is 21.5. The van der Waals surface area contributed by atoms with Gasteiger partial charge in [0.1, 0.15) is 5.82 Å². The number of rotatable bonds is 9. The predicted octanol–water partition coefficient (Wildman–Crippen LogP) is 5.61. The van der Waals surface area contributed by atoms with Crippen molar-refractivity contribution < 1.29 is 4.79 Å². The fourth-order valence-electron chi connectivity index (χ4n) is 4.87. The van der Waals surface area contributed by atoms with Crippen molar-refractivity contribution in [3.8, 4) is 0 Å². The van der Waals surface area contributed by atoms with E-state index in [1.165, 1.54) is 49.6 Å². The molecule has 2 aromatic carbocycles. The van der Waals surface area contributed by atoms with Crippen molar-refractivity contribution in [1.82, 2.24) is 14.9 Å². The first-order chi connectivity index (χ1) is 15.2. The van der Waals surface area contributed by atoms with E-state index < -0.39 is 0 Å². The van der Waals surface area contributed by atoms with Gasteiger partial charge in [-0.2, -0.15) is 0 Å². The molecule has 0 radical (unpaired) electrons. The number of para-hydroxylation sites is 2. The fourth-order valence-corrected chi connectivity index (χ4v) is 4.87. The number of carbonyl (C=O) groups excluding carboxylic acids is 1. The van der Waals surface area contributed by atoms with E-state index in [1.54, 1.807) is 0 Å². The van der Waals surface area contributed by atoms with Crippen LogP contribution in [0, 0.1) is 12.8 Å². The van der Waals surface area contributed by atoms with Gasteiger partial charge in [0.25, 0.3) is 0 Å². The summed E-state index contributed by atoms with van der Waals surface area (Å²) in [5.74, 6) is 2.12. The predicted molar refractivity (Wildman–Crippen MR) is 127 cm³/mol. The van der Waals surface area contributed by atoms with Crippen LogP contribution in [0.2, 0.25) is 0 Å². The smallest absolute Gasteiger partial charge is 0.224 e. The summed E-state index contributed by atoms with van der Waals surface area (Å²) >= 11 is 0. The molecule has 1 saturated carbocycles. The maximum Gasteiger partial charge on any atom is 0.224 e. The van der Waals surface area contributed by atoms with Gasteiger partial charge >= 0.3 is 0 Å². The van der Waals surface area contributed by atoms with Gasteiger partial charge in [0.2, 0.25) is 5.91 Å². The second-order valence-corrected chi connectivity index (χ2v) is 9.02. The molecule has 1 heterocycles. The minimum atomic E-state index is 0.0973. The number of nitrogens with zero attached hydrogens (tertiary/aromatic N) is 2. The topological polar surface area (TPSA) is 46.9 Å². The molecular formula is C27H35N3O. The number of aromatic nitrogens is 2. The maximum absolute atomic E-state index is 12.3. The second-order valence-electron chi connectivity index (χ2n) is 9.02. The number of aryl methyl sites for hydroxylation is 3. The van der Waals surface area contributed by atoms with Crippen molar-refractivity contribution in [2.45, 2.75) is 71.3 Å². The lowest BCUT2D eigenvalue weighted by Gasteiger charge is -2.22. The minimum Gasteiger partial charge on any atom is -0.356 e.